The summed E-state index contributed by atoms with van der Waals surface area (Å²) in [6, 6.07) is 3.50. The molecule has 122 valence electrons. The first-order chi connectivity index (χ1) is 11.2. The van der Waals surface area contributed by atoms with Crippen LogP contribution in [0.2, 0.25) is 0 Å². The summed E-state index contributed by atoms with van der Waals surface area (Å²) in [7, 11) is 0. The standard InChI is InChI=1S/C16H19N3O4/c20-13(18-7-3-16(4-8-18)5-9-23-16)10-19-14(21)11-22-12-2-1-6-17-15(12)19/h1-2,6H,3-5,7-11H2. The van der Waals surface area contributed by atoms with Crippen LogP contribution in [0.5, 0.6) is 5.75 Å². The van der Waals surface area contributed by atoms with Gasteiger partial charge in [-0.05, 0) is 31.4 Å². The Hall–Kier alpha value is -2.15. The minimum Gasteiger partial charge on any atom is -0.480 e. The number of carbonyl (C=O) groups excluding carboxylic acids is 2. The van der Waals surface area contributed by atoms with Crippen molar-refractivity contribution in [1.29, 1.82) is 0 Å². The number of amides is 2. The number of anilines is 1. The van der Waals surface area contributed by atoms with E-state index < -0.39 is 0 Å². The summed E-state index contributed by atoms with van der Waals surface area (Å²) < 4.78 is 11.0. The molecular weight excluding hydrogens is 298 g/mol. The number of nitrogens with zero attached hydrogens (tertiary/aromatic N) is 3. The van der Waals surface area contributed by atoms with Crippen molar-refractivity contribution in [2.24, 2.45) is 0 Å². The molecule has 4 heterocycles. The fourth-order valence-electron chi connectivity index (χ4n) is 3.38. The van der Waals surface area contributed by atoms with Gasteiger partial charge in [0.1, 0.15) is 6.54 Å². The number of rotatable bonds is 2. The largest absolute Gasteiger partial charge is 0.480 e. The number of carbonyl (C=O) groups is 2. The first kappa shape index (κ1) is 14.4. The van der Waals surface area contributed by atoms with Gasteiger partial charge in [-0.15, -0.1) is 0 Å². The number of likely N-dealkylation sites (tertiary alicyclic amines) is 1. The van der Waals surface area contributed by atoms with Gasteiger partial charge >= 0.3 is 0 Å². The SMILES string of the molecule is O=C(CN1C(=O)COc2cccnc21)N1CCC2(CCO2)CC1. The maximum atomic E-state index is 12.6. The molecule has 1 aromatic heterocycles. The zero-order valence-corrected chi connectivity index (χ0v) is 12.9. The van der Waals surface area contributed by atoms with Crippen LogP contribution in [0.4, 0.5) is 5.82 Å². The van der Waals surface area contributed by atoms with Crippen LogP contribution in [-0.2, 0) is 14.3 Å². The second kappa shape index (κ2) is 5.49. The second-order valence-electron chi connectivity index (χ2n) is 6.26. The van der Waals surface area contributed by atoms with Gasteiger partial charge in [0.2, 0.25) is 5.91 Å². The van der Waals surface area contributed by atoms with Gasteiger partial charge in [0.15, 0.2) is 18.2 Å². The number of pyridine rings is 1. The van der Waals surface area contributed by atoms with Crippen molar-refractivity contribution < 1.29 is 19.1 Å². The highest BCUT2D eigenvalue weighted by atomic mass is 16.5. The molecule has 3 aliphatic heterocycles. The molecule has 2 amide bonds. The Kier molecular flexibility index (Phi) is 3.45. The Morgan fingerprint density at radius 1 is 1.30 bits per heavy atom. The summed E-state index contributed by atoms with van der Waals surface area (Å²) in [5.41, 5.74) is 0.0136. The smallest absolute Gasteiger partial charge is 0.266 e. The highest BCUT2D eigenvalue weighted by Crippen LogP contribution is 2.37. The zero-order chi connectivity index (χ0) is 15.9. The van der Waals surface area contributed by atoms with Crippen molar-refractivity contribution >= 4 is 17.6 Å². The van der Waals surface area contributed by atoms with E-state index in [2.05, 4.69) is 4.98 Å². The fraction of sp³-hybridized carbons (Fsp3) is 0.562. The second-order valence-corrected chi connectivity index (χ2v) is 6.26. The number of piperidine rings is 1. The molecule has 0 unspecified atom stereocenters. The van der Waals surface area contributed by atoms with Gasteiger partial charge in [-0.25, -0.2) is 4.98 Å². The molecule has 23 heavy (non-hydrogen) atoms. The fourth-order valence-corrected chi connectivity index (χ4v) is 3.38. The van der Waals surface area contributed by atoms with E-state index in [1.165, 1.54) is 4.90 Å². The molecule has 0 bridgehead atoms. The van der Waals surface area contributed by atoms with E-state index >= 15 is 0 Å². The summed E-state index contributed by atoms with van der Waals surface area (Å²) in [5.74, 6) is 0.680. The molecule has 0 radical (unpaired) electrons. The van der Waals surface area contributed by atoms with E-state index in [1.54, 1.807) is 18.3 Å². The van der Waals surface area contributed by atoms with Gasteiger partial charge in [0, 0.05) is 19.3 Å². The predicted molar refractivity (Wildman–Crippen MR) is 81.2 cm³/mol. The molecule has 7 nitrogen and oxygen atoms in total. The molecule has 0 aliphatic carbocycles. The van der Waals surface area contributed by atoms with Crippen molar-refractivity contribution in [1.82, 2.24) is 9.88 Å². The Morgan fingerprint density at radius 3 is 2.78 bits per heavy atom. The summed E-state index contributed by atoms with van der Waals surface area (Å²) in [6.07, 6.45) is 4.44. The monoisotopic (exact) mass is 317 g/mol. The van der Waals surface area contributed by atoms with E-state index in [0.717, 1.165) is 25.9 Å². The van der Waals surface area contributed by atoms with Crippen molar-refractivity contribution in [3.63, 3.8) is 0 Å². The Labute approximate surface area is 134 Å². The summed E-state index contributed by atoms with van der Waals surface area (Å²) in [6.45, 7) is 2.17. The summed E-state index contributed by atoms with van der Waals surface area (Å²) in [4.78, 5) is 32.1. The maximum Gasteiger partial charge on any atom is 0.266 e. The average molecular weight is 317 g/mol. The maximum absolute atomic E-state index is 12.6. The number of hydrogen-bond acceptors (Lipinski definition) is 5. The third kappa shape index (κ3) is 2.55. The molecular formula is C16H19N3O4. The minimum atomic E-state index is -0.236. The highest BCUT2D eigenvalue weighted by Gasteiger charge is 2.42. The molecule has 0 N–H and O–H groups in total. The van der Waals surface area contributed by atoms with E-state index in [-0.39, 0.29) is 30.6 Å². The molecule has 0 atom stereocenters. The van der Waals surface area contributed by atoms with Gasteiger partial charge in [0.25, 0.3) is 5.91 Å². The van der Waals surface area contributed by atoms with Crippen molar-refractivity contribution in [2.45, 2.75) is 24.9 Å². The average Bonchev–Trinajstić information content (AvgIpc) is 2.56. The van der Waals surface area contributed by atoms with Crippen LogP contribution in [0.15, 0.2) is 18.3 Å². The van der Waals surface area contributed by atoms with Crippen LogP contribution in [0.1, 0.15) is 19.3 Å². The Balaban J connectivity index is 1.43. The van der Waals surface area contributed by atoms with Crippen LogP contribution in [-0.4, -0.2) is 60.1 Å². The quantitative estimate of drug-likeness (QED) is 0.798. The lowest BCUT2D eigenvalue weighted by Crippen LogP contribution is -2.55. The summed E-state index contributed by atoms with van der Waals surface area (Å²) in [5, 5.41) is 0. The Bertz CT molecular complexity index is 634. The van der Waals surface area contributed by atoms with E-state index in [4.69, 9.17) is 9.47 Å². The normalized spacial score (nSPS) is 22.3. The van der Waals surface area contributed by atoms with Gasteiger partial charge in [-0.1, -0.05) is 0 Å². The number of ether oxygens (including phenoxy) is 2. The molecule has 1 aromatic rings. The molecule has 2 fully saturated rings. The lowest BCUT2D eigenvalue weighted by molar-refractivity contribution is -0.176. The molecule has 1 spiro atoms. The third-order valence-electron chi connectivity index (χ3n) is 4.95. The number of aromatic nitrogens is 1. The van der Waals surface area contributed by atoms with Gasteiger partial charge in [0.05, 0.1) is 12.2 Å². The lowest BCUT2D eigenvalue weighted by atomic mass is 9.84. The van der Waals surface area contributed by atoms with E-state index in [1.807, 2.05) is 4.90 Å². The molecule has 2 saturated heterocycles. The number of hydrogen-bond donors (Lipinski definition) is 0. The molecule has 0 saturated carbocycles. The summed E-state index contributed by atoms with van der Waals surface area (Å²) >= 11 is 0. The van der Waals surface area contributed by atoms with E-state index in [0.29, 0.717) is 24.7 Å². The first-order valence-corrected chi connectivity index (χ1v) is 7.97. The predicted octanol–water partition coefficient (Wildman–Crippen LogP) is 0.588. The van der Waals surface area contributed by atoms with Crippen LogP contribution >= 0.6 is 0 Å². The molecule has 4 rings (SSSR count). The van der Waals surface area contributed by atoms with Crippen molar-refractivity contribution in [3.05, 3.63) is 18.3 Å². The number of fused-ring (bicyclic) bond motifs is 1. The van der Waals surface area contributed by atoms with Gasteiger partial charge < -0.3 is 14.4 Å². The molecule has 0 aromatic carbocycles. The Morgan fingerprint density at radius 2 is 2.09 bits per heavy atom. The van der Waals surface area contributed by atoms with Crippen molar-refractivity contribution in [3.8, 4) is 5.75 Å². The van der Waals surface area contributed by atoms with Crippen LogP contribution in [0, 0.1) is 0 Å². The van der Waals surface area contributed by atoms with E-state index in [9.17, 15) is 9.59 Å². The van der Waals surface area contributed by atoms with Crippen LogP contribution in [0.3, 0.4) is 0 Å². The third-order valence-corrected chi connectivity index (χ3v) is 4.95. The molecule has 3 aliphatic rings. The minimum absolute atomic E-state index is 0.0136. The first-order valence-electron chi connectivity index (χ1n) is 7.97. The van der Waals surface area contributed by atoms with Crippen molar-refractivity contribution in [2.75, 3.05) is 37.7 Å². The highest BCUT2D eigenvalue weighted by molar-refractivity contribution is 6.01. The van der Waals surface area contributed by atoms with Gasteiger partial charge in [-0.3, -0.25) is 14.5 Å². The lowest BCUT2D eigenvalue weighted by Gasteiger charge is -2.47. The molecule has 7 heteroatoms. The zero-order valence-electron chi connectivity index (χ0n) is 12.9. The van der Waals surface area contributed by atoms with Gasteiger partial charge in [-0.2, -0.15) is 0 Å². The topological polar surface area (TPSA) is 72.0 Å². The van der Waals surface area contributed by atoms with Crippen LogP contribution in [0.25, 0.3) is 0 Å². The van der Waals surface area contributed by atoms with Crippen LogP contribution < -0.4 is 9.64 Å².